The summed E-state index contributed by atoms with van der Waals surface area (Å²) in [6.07, 6.45) is 0.599. The van der Waals surface area contributed by atoms with Gasteiger partial charge in [0, 0.05) is 56.6 Å². The van der Waals surface area contributed by atoms with Crippen LogP contribution in [0.2, 0.25) is 0 Å². The number of rotatable bonds is 5. The first-order valence-electron chi connectivity index (χ1n) is 9.87. The van der Waals surface area contributed by atoms with Crippen molar-refractivity contribution in [1.82, 2.24) is 4.57 Å². The fourth-order valence-electron chi connectivity index (χ4n) is 4.44. The molecule has 30 heavy (non-hydrogen) atoms. The Hall–Kier alpha value is -2.96. The van der Waals surface area contributed by atoms with Crippen molar-refractivity contribution in [3.05, 3.63) is 62.7 Å². The molecule has 0 unspecified atom stereocenters. The van der Waals surface area contributed by atoms with E-state index >= 15 is 0 Å². The summed E-state index contributed by atoms with van der Waals surface area (Å²) in [5.74, 6) is 0.655. The van der Waals surface area contributed by atoms with Gasteiger partial charge in [-0.25, -0.2) is 0 Å². The van der Waals surface area contributed by atoms with Crippen molar-refractivity contribution in [2.45, 2.75) is 19.9 Å². The molecule has 3 aromatic carbocycles. The van der Waals surface area contributed by atoms with Gasteiger partial charge in [0.25, 0.3) is 11.1 Å². The van der Waals surface area contributed by atoms with Crippen LogP contribution in [-0.4, -0.2) is 25.4 Å². The molecule has 0 spiro atoms. The second kappa shape index (κ2) is 7.07. The van der Waals surface area contributed by atoms with Crippen molar-refractivity contribution < 1.29 is 9.47 Å². The van der Waals surface area contributed by atoms with Crippen LogP contribution in [0.15, 0.2) is 46.0 Å². The summed E-state index contributed by atoms with van der Waals surface area (Å²) in [6.45, 7) is 2.84. The van der Waals surface area contributed by atoms with Gasteiger partial charge >= 0.3 is 0 Å². The van der Waals surface area contributed by atoms with E-state index in [-0.39, 0.29) is 11.1 Å². The number of aryl methyl sites for hydroxylation is 1. The smallest absolute Gasteiger partial charge is 0.261 e. The fraction of sp³-hybridized carbons (Fsp3) is 0.250. The van der Waals surface area contributed by atoms with E-state index < -0.39 is 0 Å². The Labute approximate surface area is 176 Å². The van der Waals surface area contributed by atoms with Gasteiger partial charge in [-0.05, 0) is 37.1 Å². The summed E-state index contributed by atoms with van der Waals surface area (Å²) in [6, 6.07) is 11.9. The minimum absolute atomic E-state index is 0.238. The number of pyridine rings is 1. The van der Waals surface area contributed by atoms with E-state index in [1.54, 1.807) is 31.6 Å². The molecule has 0 atom stereocenters. The molecule has 0 N–H and O–H groups in total. The molecule has 0 radical (unpaired) electrons. The zero-order valence-corrected chi connectivity index (χ0v) is 17.9. The highest BCUT2D eigenvalue weighted by molar-refractivity contribution is 7.25. The van der Waals surface area contributed by atoms with Crippen LogP contribution in [0.25, 0.3) is 41.7 Å². The number of nitrogens with zero attached hydrogens (tertiary/aromatic N) is 1. The van der Waals surface area contributed by atoms with Crippen LogP contribution in [0, 0.1) is 6.92 Å². The van der Waals surface area contributed by atoms with Crippen LogP contribution >= 0.6 is 11.3 Å². The van der Waals surface area contributed by atoms with Gasteiger partial charge < -0.3 is 9.47 Å². The molecule has 0 saturated carbocycles. The van der Waals surface area contributed by atoms with Crippen molar-refractivity contribution in [2.24, 2.45) is 0 Å². The standard InChI is InChI=1S/C24H21NO4S/c1-13-11-15-19-16(24(27)25(23(15)26)9-6-10-28-2)12-17(29-3)20-14-7-4-5-8-18(14)30-22(13)21(19)20/h4-5,7-8,11-12H,6,9-10H2,1-3H3. The summed E-state index contributed by atoms with van der Waals surface area (Å²) in [7, 11) is 3.24. The lowest BCUT2D eigenvalue weighted by atomic mass is 9.95. The Bertz CT molecular complexity index is 1550. The van der Waals surface area contributed by atoms with E-state index in [1.165, 1.54) is 4.57 Å². The molecule has 152 valence electrons. The first kappa shape index (κ1) is 19.0. The molecule has 5 nitrogen and oxygen atoms in total. The van der Waals surface area contributed by atoms with Crippen LogP contribution in [-0.2, 0) is 11.3 Å². The summed E-state index contributed by atoms with van der Waals surface area (Å²) in [5, 5.41) is 4.82. The summed E-state index contributed by atoms with van der Waals surface area (Å²) >= 11 is 1.68. The number of benzene rings is 3. The molecule has 2 aromatic heterocycles. The molecule has 5 rings (SSSR count). The summed E-state index contributed by atoms with van der Waals surface area (Å²) in [5.41, 5.74) is 0.516. The number of hydrogen-bond donors (Lipinski definition) is 0. The Morgan fingerprint density at radius 1 is 0.933 bits per heavy atom. The molecule has 0 saturated heterocycles. The third-order valence-corrected chi connectivity index (χ3v) is 7.08. The minimum atomic E-state index is -0.271. The predicted molar refractivity (Wildman–Crippen MR) is 124 cm³/mol. The molecular formula is C24H21NO4S. The molecule has 0 aliphatic heterocycles. The SMILES string of the molecule is COCCCn1c(=O)c2cc(C)c3sc4ccccc4c4c(OC)cc(c1=O)c2c34. The van der Waals surface area contributed by atoms with Crippen molar-refractivity contribution in [2.75, 3.05) is 20.8 Å². The maximum absolute atomic E-state index is 13.3. The van der Waals surface area contributed by atoms with Crippen LogP contribution in [0.5, 0.6) is 5.75 Å². The van der Waals surface area contributed by atoms with Crippen molar-refractivity contribution in [3.63, 3.8) is 0 Å². The Morgan fingerprint density at radius 2 is 1.67 bits per heavy atom. The number of fused-ring (bicyclic) bond motifs is 2. The normalized spacial score (nSPS) is 12.0. The Morgan fingerprint density at radius 3 is 2.40 bits per heavy atom. The first-order valence-corrected chi connectivity index (χ1v) is 10.7. The third-order valence-electron chi connectivity index (χ3n) is 5.78. The first-order chi connectivity index (χ1) is 14.6. The number of ether oxygens (including phenoxy) is 2. The Balaban J connectivity index is 2.04. The second-order valence-electron chi connectivity index (χ2n) is 7.53. The van der Waals surface area contributed by atoms with Gasteiger partial charge in [-0.15, -0.1) is 11.3 Å². The maximum Gasteiger partial charge on any atom is 0.261 e. The minimum Gasteiger partial charge on any atom is -0.496 e. The Kier molecular flexibility index (Phi) is 4.49. The lowest BCUT2D eigenvalue weighted by Crippen LogP contribution is -2.33. The quantitative estimate of drug-likeness (QED) is 0.236. The molecule has 2 heterocycles. The molecule has 0 amide bonds. The number of methoxy groups -OCH3 is 2. The van der Waals surface area contributed by atoms with Crippen LogP contribution in [0.3, 0.4) is 0 Å². The van der Waals surface area contributed by atoms with Crippen LogP contribution in [0.4, 0.5) is 0 Å². The fourth-order valence-corrected chi connectivity index (χ4v) is 5.61. The van der Waals surface area contributed by atoms with Gasteiger partial charge in [-0.3, -0.25) is 14.2 Å². The maximum atomic E-state index is 13.3. The zero-order valence-electron chi connectivity index (χ0n) is 17.1. The molecular weight excluding hydrogens is 398 g/mol. The highest BCUT2D eigenvalue weighted by atomic mass is 32.1. The lowest BCUT2D eigenvalue weighted by Gasteiger charge is -2.18. The number of hydrogen-bond acceptors (Lipinski definition) is 5. The highest BCUT2D eigenvalue weighted by Gasteiger charge is 2.22. The van der Waals surface area contributed by atoms with Gasteiger partial charge in [0.1, 0.15) is 5.75 Å². The highest BCUT2D eigenvalue weighted by Crippen LogP contribution is 2.45. The zero-order chi connectivity index (χ0) is 21.0. The average Bonchev–Trinajstić information content (AvgIpc) is 2.76. The van der Waals surface area contributed by atoms with Gasteiger partial charge in [0.15, 0.2) is 0 Å². The van der Waals surface area contributed by atoms with Gasteiger partial charge in [0.05, 0.1) is 12.5 Å². The van der Waals surface area contributed by atoms with Crippen molar-refractivity contribution in [3.8, 4) is 5.75 Å². The van der Waals surface area contributed by atoms with E-state index in [0.29, 0.717) is 36.1 Å². The molecule has 5 aromatic rings. The molecule has 0 bridgehead atoms. The summed E-state index contributed by atoms with van der Waals surface area (Å²) in [4.78, 5) is 26.7. The predicted octanol–water partition coefficient (Wildman–Crippen LogP) is 4.67. The van der Waals surface area contributed by atoms with E-state index in [4.69, 9.17) is 9.47 Å². The van der Waals surface area contributed by atoms with Gasteiger partial charge in [-0.1, -0.05) is 18.2 Å². The van der Waals surface area contributed by atoms with Crippen LogP contribution < -0.4 is 15.9 Å². The third kappa shape index (κ3) is 2.57. The summed E-state index contributed by atoms with van der Waals surface area (Å²) < 4.78 is 14.4. The van der Waals surface area contributed by atoms with Gasteiger partial charge in [0.2, 0.25) is 0 Å². The molecule has 0 fully saturated rings. The van der Waals surface area contributed by atoms with E-state index in [0.717, 1.165) is 36.5 Å². The molecule has 6 heteroatoms. The van der Waals surface area contributed by atoms with Crippen molar-refractivity contribution in [1.29, 1.82) is 0 Å². The second-order valence-corrected chi connectivity index (χ2v) is 8.58. The lowest BCUT2D eigenvalue weighted by molar-refractivity contribution is 0.189. The van der Waals surface area contributed by atoms with Crippen LogP contribution in [0.1, 0.15) is 12.0 Å². The molecule has 0 aliphatic rings. The van der Waals surface area contributed by atoms with E-state index in [9.17, 15) is 9.59 Å². The molecule has 0 aliphatic carbocycles. The van der Waals surface area contributed by atoms with Crippen molar-refractivity contribution >= 4 is 53.1 Å². The average molecular weight is 420 g/mol. The monoisotopic (exact) mass is 419 g/mol. The topological polar surface area (TPSA) is 57.5 Å². The number of aromatic nitrogens is 1. The largest absolute Gasteiger partial charge is 0.496 e. The van der Waals surface area contributed by atoms with E-state index in [2.05, 4.69) is 12.1 Å². The van der Waals surface area contributed by atoms with Gasteiger partial charge in [-0.2, -0.15) is 0 Å². The van der Waals surface area contributed by atoms with E-state index in [1.807, 2.05) is 25.1 Å².